The number of nitrogen functional groups attached to an aromatic ring is 1. The zero-order valence-electron chi connectivity index (χ0n) is 6.55. The maximum atomic E-state index is 10.6. The Labute approximate surface area is 84.8 Å². The maximum Gasteiger partial charge on any atom is 0.223 e. The summed E-state index contributed by atoms with van der Waals surface area (Å²) in [6.45, 7) is 0. The first-order valence-electron chi connectivity index (χ1n) is 3.39. The van der Waals surface area contributed by atoms with E-state index in [0.29, 0.717) is 5.69 Å². The van der Waals surface area contributed by atoms with E-state index in [4.69, 9.17) is 34.7 Å². The van der Waals surface area contributed by atoms with Crippen molar-refractivity contribution in [1.29, 1.82) is 0 Å². The number of aromatic nitrogens is 1. The summed E-state index contributed by atoms with van der Waals surface area (Å²) in [4.78, 5) is 14.4. The van der Waals surface area contributed by atoms with Crippen LogP contribution in [-0.4, -0.2) is 10.9 Å². The van der Waals surface area contributed by atoms with Gasteiger partial charge in [0.05, 0.1) is 22.8 Å². The van der Waals surface area contributed by atoms with E-state index in [1.807, 2.05) is 0 Å². The van der Waals surface area contributed by atoms with Crippen molar-refractivity contribution in [2.45, 2.75) is 6.42 Å². The molecule has 0 aliphatic carbocycles. The standard InChI is InChI=1S/C7H7Cl2N3O/c8-5-1-3(10)7(9)4(12-5)2-6(11)13/h1H,2H2,(H2,10,12)(H2,11,13). The Morgan fingerprint density at radius 2 is 2.15 bits per heavy atom. The third-order valence-corrected chi connectivity index (χ3v) is 1.99. The summed E-state index contributed by atoms with van der Waals surface area (Å²) in [5.74, 6) is -0.531. The van der Waals surface area contributed by atoms with Gasteiger partial charge in [0.15, 0.2) is 0 Å². The van der Waals surface area contributed by atoms with Crippen LogP contribution < -0.4 is 11.5 Å². The van der Waals surface area contributed by atoms with E-state index in [1.54, 1.807) is 0 Å². The van der Waals surface area contributed by atoms with Crippen molar-refractivity contribution in [2.24, 2.45) is 5.73 Å². The van der Waals surface area contributed by atoms with Crippen molar-refractivity contribution in [2.75, 3.05) is 5.73 Å². The van der Waals surface area contributed by atoms with Crippen molar-refractivity contribution in [3.8, 4) is 0 Å². The van der Waals surface area contributed by atoms with Crippen LogP contribution in [-0.2, 0) is 11.2 Å². The SMILES string of the molecule is NC(=O)Cc1nc(Cl)cc(N)c1Cl. The Kier molecular flexibility index (Phi) is 2.95. The van der Waals surface area contributed by atoms with Crippen LogP contribution in [0.15, 0.2) is 6.07 Å². The number of rotatable bonds is 2. The third-order valence-electron chi connectivity index (χ3n) is 1.36. The van der Waals surface area contributed by atoms with Crippen LogP contribution in [0.1, 0.15) is 5.69 Å². The predicted molar refractivity (Wildman–Crippen MR) is 51.6 cm³/mol. The molecule has 0 atom stereocenters. The molecule has 0 saturated heterocycles. The lowest BCUT2D eigenvalue weighted by Gasteiger charge is -2.04. The van der Waals surface area contributed by atoms with Crippen molar-refractivity contribution in [3.63, 3.8) is 0 Å². The number of amides is 1. The lowest BCUT2D eigenvalue weighted by molar-refractivity contribution is -0.117. The number of hydrogen-bond acceptors (Lipinski definition) is 3. The highest BCUT2D eigenvalue weighted by Gasteiger charge is 2.09. The quantitative estimate of drug-likeness (QED) is 0.729. The van der Waals surface area contributed by atoms with Crippen molar-refractivity contribution in [1.82, 2.24) is 4.98 Å². The van der Waals surface area contributed by atoms with E-state index in [2.05, 4.69) is 4.98 Å². The molecule has 1 amide bonds. The van der Waals surface area contributed by atoms with Gasteiger partial charge in [-0.15, -0.1) is 0 Å². The molecule has 1 aromatic rings. The summed E-state index contributed by atoms with van der Waals surface area (Å²) in [6.07, 6.45) is -0.0659. The molecule has 0 spiro atoms. The summed E-state index contributed by atoms with van der Waals surface area (Å²) in [5.41, 5.74) is 11.1. The highest BCUT2D eigenvalue weighted by Crippen LogP contribution is 2.24. The van der Waals surface area contributed by atoms with Crippen molar-refractivity contribution in [3.05, 3.63) is 21.9 Å². The van der Waals surface area contributed by atoms with Gasteiger partial charge in [0.1, 0.15) is 5.15 Å². The molecule has 0 unspecified atom stereocenters. The molecular weight excluding hydrogens is 213 g/mol. The summed E-state index contributed by atoms with van der Waals surface area (Å²) in [7, 11) is 0. The van der Waals surface area contributed by atoms with Gasteiger partial charge in [-0.25, -0.2) is 4.98 Å². The van der Waals surface area contributed by atoms with Gasteiger partial charge < -0.3 is 11.5 Å². The van der Waals surface area contributed by atoms with Crippen LogP contribution >= 0.6 is 23.2 Å². The molecule has 70 valence electrons. The third kappa shape index (κ3) is 2.47. The molecule has 6 heteroatoms. The van der Waals surface area contributed by atoms with Crippen LogP contribution in [0.5, 0.6) is 0 Å². The van der Waals surface area contributed by atoms with Gasteiger partial charge in [-0.3, -0.25) is 4.79 Å². The van der Waals surface area contributed by atoms with Crippen molar-refractivity contribution >= 4 is 34.8 Å². The van der Waals surface area contributed by atoms with E-state index in [0.717, 1.165) is 0 Å². The number of hydrogen-bond donors (Lipinski definition) is 2. The van der Waals surface area contributed by atoms with Gasteiger partial charge in [0.2, 0.25) is 5.91 Å². The number of nitrogens with zero attached hydrogens (tertiary/aromatic N) is 1. The molecule has 4 N–H and O–H groups in total. The maximum absolute atomic E-state index is 10.6. The molecule has 0 aliphatic rings. The zero-order valence-corrected chi connectivity index (χ0v) is 8.06. The minimum atomic E-state index is -0.531. The monoisotopic (exact) mass is 219 g/mol. The average molecular weight is 220 g/mol. The summed E-state index contributed by atoms with van der Waals surface area (Å²) in [5, 5.41) is 0.418. The average Bonchev–Trinajstić information content (AvgIpc) is 1.98. The normalized spacial score (nSPS) is 10.0. The second kappa shape index (κ2) is 3.81. The smallest absolute Gasteiger partial charge is 0.223 e. The number of nitrogens with two attached hydrogens (primary N) is 2. The Morgan fingerprint density at radius 3 is 2.69 bits per heavy atom. The first kappa shape index (κ1) is 10.1. The Bertz CT molecular complexity index is 354. The number of carbonyl (C=O) groups is 1. The first-order valence-corrected chi connectivity index (χ1v) is 4.15. The number of primary amides is 1. The molecule has 13 heavy (non-hydrogen) atoms. The number of anilines is 1. The summed E-state index contributed by atoms with van der Waals surface area (Å²) in [6, 6.07) is 1.41. The largest absolute Gasteiger partial charge is 0.397 e. The molecule has 1 heterocycles. The topological polar surface area (TPSA) is 82.0 Å². The Balaban J connectivity index is 3.12. The Hall–Kier alpha value is -1.00. The fourth-order valence-electron chi connectivity index (χ4n) is 0.851. The van der Waals surface area contributed by atoms with Gasteiger partial charge in [0.25, 0.3) is 0 Å². The molecule has 0 aromatic carbocycles. The van der Waals surface area contributed by atoms with E-state index < -0.39 is 5.91 Å². The molecule has 0 saturated carbocycles. The Morgan fingerprint density at radius 1 is 1.54 bits per heavy atom. The number of carbonyl (C=O) groups excluding carboxylic acids is 1. The molecule has 1 rings (SSSR count). The molecule has 0 radical (unpaired) electrons. The number of pyridine rings is 1. The summed E-state index contributed by atoms with van der Waals surface area (Å²) < 4.78 is 0. The lowest BCUT2D eigenvalue weighted by atomic mass is 10.2. The number of halogens is 2. The van der Waals surface area contributed by atoms with E-state index in [-0.39, 0.29) is 22.3 Å². The van der Waals surface area contributed by atoms with E-state index in [9.17, 15) is 4.79 Å². The van der Waals surface area contributed by atoms with Crippen LogP contribution in [0.25, 0.3) is 0 Å². The predicted octanol–water partition coefficient (Wildman–Crippen LogP) is 0.998. The van der Waals surface area contributed by atoms with E-state index in [1.165, 1.54) is 6.07 Å². The molecule has 0 bridgehead atoms. The zero-order chi connectivity index (χ0) is 10.0. The second-order valence-corrected chi connectivity index (χ2v) is 3.20. The lowest BCUT2D eigenvalue weighted by Crippen LogP contribution is -2.15. The van der Waals surface area contributed by atoms with E-state index >= 15 is 0 Å². The fourth-order valence-corrected chi connectivity index (χ4v) is 1.23. The first-order chi connectivity index (χ1) is 6.00. The molecular formula is C7H7Cl2N3O. The van der Waals surface area contributed by atoms with Crippen LogP contribution in [0.2, 0.25) is 10.2 Å². The van der Waals surface area contributed by atoms with Crippen LogP contribution in [0, 0.1) is 0 Å². The van der Waals surface area contributed by atoms with Gasteiger partial charge in [-0.2, -0.15) is 0 Å². The van der Waals surface area contributed by atoms with Crippen LogP contribution in [0.3, 0.4) is 0 Å². The molecule has 0 aliphatic heterocycles. The van der Waals surface area contributed by atoms with Gasteiger partial charge in [0, 0.05) is 0 Å². The highest BCUT2D eigenvalue weighted by molar-refractivity contribution is 6.35. The minimum absolute atomic E-state index is 0.0659. The van der Waals surface area contributed by atoms with Gasteiger partial charge in [-0.05, 0) is 6.07 Å². The molecule has 4 nitrogen and oxygen atoms in total. The van der Waals surface area contributed by atoms with Crippen molar-refractivity contribution < 1.29 is 4.79 Å². The van der Waals surface area contributed by atoms with Crippen LogP contribution in [0.4, 0.5) is 5.69 Å². The molecule has 0 fully saturated rings. The second-order valence-electron chi connectivity index (χ2n) is 2.44. The fraction of sp³-hybridized carbons (Fsp3) is 0.143. The highest BCUT2D eigenvalue weighted by atomic mass is 35.5. The molecule has 1 aromatic heterocycles. The summed E-state index contributed by atoms with van der Waals surface area (Å²) >= 11 is 11.4. The van der Waals surface area contributed by atoms with Gasteiger partial charge in [-0.1, -0.05) is 23.2 Å². The minimum Gasteiger partial charge on any atom is -0.397 e. The van der Waals surface area contributed by atoms with Gasteiger partial charge >= 0.3 is 0 Å².